The maximum Gasteiger partial charge on any atom is 0.416 e. The number of benzene rings is 2. The van der Waals surface area contributed by atoms with E-state index in [4.69, 9.17) is 4.74 Å². The third-order valence-electron chi connectivity index (χ3n) is 5.25. The van der Waals surface area contributed by atoms with Crippen LogP contribution in [0.2, 0.25) is 0 Å². The van der Waals surface area contributed by atoms with Crippen LogP contribution in [0.15, 0.2) is 48.5 Å². The van der Waals surface area contributed by atoms with E-state index < -0.39 is 18.8 Å². The van der Waals surface area contributed by atoms with Gasteiger partial charge in [0.1, 0.15) is 11.5 Å². The Morgan fingerprint density at radius 2 is 1.58 bits per heavy atom. The minimum absolute atomic E-state index is 0.363. The van der Waals surface area contributed by atoms with E-state index >= 15 is 0 Å². The maximum atomic E-state index is 13.0. The van der Waals surface area contributed by atoms with Crippen LogP contribution in [0, 0.1) is 0 Å². The number of anilines is 1. The lowest BCUT2D eigenvalue weighted by atomic mass is 10.0. The van der Waals surface area contributed by atoms with Crippen LogP contribution in [0.4, 0.5) is 18.9 Å². The number of unbranched alkanes of at least 4 members (excludes halogenated alkanes) is 4. The molecule has 0 fully saturated rings. The van der Waals surface area contributed by atoms with Gasteiger partial charge in [-0.05, 0) is 42.2 Å². The molecule has 0 saturated heterocycles. The van der Waals surface area contributed by atoms with Crippen LogP contribution in [-0.2, 0) is 0 Å². The second-order valence-electron chi connectivity index (χ2n) is 8.24. The fraction of sp³-hybridized carbons (Fsp3) is 0.520. The first-order valence-electron chi connectivity index (χ1n) is 11.1. The molecule has 2 aromatic carbocycles. The molecule has 172 valence electrons. The number of alkyl halides is 3. The van der Waals surface area contributed by atoms with Gasteiger partial charge in [-0.1, -0.05) is 64.7 Å². The molecule has 0 aliphatic heterocycles. The van der Waals surface area contributed by atoms with Gasteiger partial charge >= 0.3 is 6.18 Å². The van der Waals surface area contributed by atoms with Crippen molar-refractivity contribution in [3.8, 4) is 11.5 Å². The minimum Gasteiger partial charge on any atom is -0.457 e. The van der Waals surface area contributed by atoms with Crippen molar-refractivity contribution in [3.63, 3.8) is 0 Å². The third kappa shape index (κ3) is 8.44. The number of aliphatic hydroxyl groups is 1. The first-order valence-corrected chi connectivity index (χ1v) is 11.1. The lowest BCUT2D eigenvalue weighted by molar-refractivity contribution is -0.200. The maximum absolute atomic E-state index is 13.0. The van der Waals surface area contributed by atoms with Gasteiger partial charge in [0.25, 0.3) is 0 Å². The molecule has 0 heterocycles. The summed E-state index contributed by atoms with van der Waals surface area (Å²) in [7, 11) is 0. The first kappa shape index (κ1) is 25.1. The first-order chi connectivity index (χ1) is 14.7. The van der Waals surface area contributed by atoms with Gasteiger partial charge < -0.3 is 14.7 Å². The highest BCUT2D eigenvalue weighted by molar-refractivity contribution is 5.52. The Hall–Kier alpha value is -2.21. The van der Waals surface area contributed by atoms with Crippen molar-refractivity contribution in [3.05, 3.63) is 54.1 Å². The molecule has 0 amide bonds. The highest BCUT2D eigenvalue weighted by atomic mass is 19.4. The number of halogens is 3. The van der Waals surface area contributed by atoms with E-state index in [1.54, 1.807) is 29.2 Å². The molecule has 2 rings (SSSR count). The number of nitrogens with zero attached hydrogens (tertiary/aromatic N) is 1. The number of hydrogen-bond acceptors (Lipinski definition) is 3. The molecule has 2 aromatic rings. The molecule has 0 radical (unpaired) electrons. The molecule has 1 N–H and O–H groups in total. The fourth-order valence-corrected chi connectivity index (χ4v) is 3.36. The van der Waals surface area contributed by atoms with Gasteiger partial charge in [-0.25, -0.2) is 0 Å². The van der Waals surface area contributed by atoms with Crippen molar-refractivity contribution in [1.82, 2.24) is 0 Å². The van der Waals surface area contributed by atoms with E-state index in [0.29, 0.717) is 29.6 Å². The van der Waals surface area contributed by atoms with Crippen LogP contribution >= 0.6 is 0 Å². The number of aliphatic hydroxyl groups excluding tert-OH is 1. The van der Waals surface area contributed by atoms with E-state index in [1.165, 1.54) is 0 Å². The summed E-state index contributed by atoms with van der Waals surface area (Å²) in [5.74, 6) is 1.60. The molecule has 31 heavy (non-hydrogen) atoms. The number of rotatable bonds is 12. The van der Waals surface area contributed by atoms with Gasteiger partial charge in [0.15, 0.2) is 6.10 Å². The molecule has 1 atom stereocenters. The van der Waals surface area contributed by atoms with Crippen molar-refractivity contribution in [2.75, 3.05) is 18.0 Å². The summed E-state index contributed by atoms with van der Waals surface area (Å²) < 4.78 is 44.9. The van der Waals surface area contributed by atoms with Crippen molar-refractivity contribution in [2.24, 2.45) is 0 Å². The standard InChI is InChI=1S/C25H34F3NO2/c1-4-5-6-7-8-15-29(18-24(30)25(26,27)28)21-12-10-14-23(17-21)31-22-13-9-11-20(16-22)19(2)3/h9-14,16-17,19,24,30H,4-8,15,18H2,1-3H3. The molecule has 0 spiro atoms. The van der Waals surface area contributed by atoms with Crippen LogP contribution < -0.4 is 9.64 Å². The highest BCUT2D eigenvalue weighted by Crippen LogP contribution is 2.29. The zero-order chi connectivity index (χ0) is 22.9. The lowest BCUT2D eigenvalue weighted by Crippen LogP contribution is -2.41. The molecule has 3 nitrogen and oxygen atoms in total. The second-order valence-corrected chi connectivity index (χ2v) is 8.24. The van der Waals surface area contributed by atoms with E-state index in [0.717, 1.165) is 37.7 Å². The zero-order valence-electron chi connectivity index (χ0n) is 18.7. The van der Waals surface area contributed by atoms with Crippen molar-refractivity contribution < 1.29 is 23.0 Å². The summed E-state index contributed by atoms with van der Waals surface area (Å²) in [5.41, 5.74) is 1.76. The van der Waals surface area contributed by atoms with Gasteiger partial charge in [0, 0.05) is 18.3 Å². The van der Waals surface area contributed by atoms with Gasteiger partial charge in [0.05, 0.1) is 6.54 Å². The second kappa shape index (κ2) is 12.0. The monoisotopic (exact) mass is 437 g/mol. The van der Waals surface area contributed by atoms with Crippen LogP contribution in [-0.4, -0.2) is 30.5 Å². The van der Waals surface area contributed by atoms with Crippen LogP contribution in [0.5, 0.6) is 11.5 Å². The van der Waals surface area contributed by atoms with E-state index in [1.807, 2.05) is 24.3 Å². The summed E-state index contributed by atoms with van der Waals surface area (Å²) in [6.07, 6.45) is -2.04. The number of ether oxygens (including phenoxy) is 1. The molecule has 0 saturated carbocycles. The topological polar surface area (TPSA) is 32.7 Å². The quantitative estimate of drug-likeness (QED) is 0.354. The highest BCUT2D eigenvalue weighted by Gasteiger charge is 2.39. The van der Waals surface area contributed by atoms with E-state index in [-0.39, 0.29) is 0 Å². The molecule has 0 aromatic heterocycles. The molecule has 0 aliphatic rings. The summed E-state index contributed by atoms with van der Waals surface area (Å²) in [6.45, 7) is 6.27. The Bertz CT molecular complexity index is 792. The predicted molar refractivity (Wildman–Crippen MR) is 120 cm³/mol. The largest absolute Gasteiger partial charge is 0.457 e. The molecular weight excluding hydrogens is 403 g/mol. The van der Waals surface area contributed by atoms with Crippen molar-refractivity contribution in [2.45, 2.75) is 71.1 Å². The molecule has 0 bridgehead atoms. The Balaban J connectivity index is 2.15. The fourth-order valence-electron chi connectivity index (χ4n) is 3.36. The summed E-state index contributed by atoms with van der Waals surface area (Å²) in [4.78, 5) is 1.60. The average Bonchev–Trinajstić information content (AvgIpc) is 2.72. The zero-order valence-corrected chi connectivity index (χ0v) is 18.7. The summed E-state index contributed by atoms with van der Waals surface area (Å²) in [6, 6.07) is 14.8. The molecule has 6 heteroatoms. The Morgan fingerprint density at radius 3 is 2.23 bits per heavy atom. The van der Waals surface area contributed by atoms with E-state index in [2.05, 4.69) is 20.8 Å². The van der Waals surface area contributed by atoms with Crippen LogP contribution in [0.25, 0.3) is 0 Å². The number of hydrogen-bond donors (Lipinski definition) is 1. The SMILES string of the molecule is CCCCCCCN(CC(O)C(F)(F)F)c1cccc(Oc2cccc(C(C)C)c2)c1. The smallest absolute Gasteiger partial charge is 0.416 e. The van der Waals surface area contributed by atoms with Crippen molar-refractivity contribution >= 4 is 5.69 Å². The predicted octanol–water partition coefficient (Wildman–Crippen LogP) is 7.30. The molecule has 1 unspecified atom stereocenters. The van der Waals surface area contributed by atoms with E-state index in [9.17, 15) is 18.3 Å². The lowest BCUT2D eigenvalue weighted by Gasteiger charge is -2.28. The minimum atomic E-state index is -4.65. The Morgan fingerprint density at radius 1 is 0.935 bits per heavy atom. The van der Waals surface area contributed by atoms with Crippen LogP contribution in [0.1, 0.15) is 64.4 Å². The summed E-state index contributed by atoms with van der Waals surface area (Å²) >= 11 is 0. The van der Waals surface area contributed by atoms with Gasteiger partial charge in [-0.3, -0.25) is 0 Å². The molecular formula is C25H34F3NO2. The summed E-state index contributed by atoms with van der Waals surface area (Å²) in [5, 5.41) is 9.65. The average molecular weight is 438 g/mol. The Labute approximate surface area is 183 Å². The van der Waals surface area contributed by atoms with Gasteiger partial charge in [0.2, 0.25) is 0 Å². The van der Waals surface area contributed by atoms with Gasteiger partial charge in [-0.15, -0.1) is 0 Å². The normalized spacial score (nSPS) is 12.8. The van der Waals surface area contributed by atoms with Crippen LogP contribution in [0.3, 0.4) is 0 Å². The van der Waals surface area contributed by atoms with Gasteiger partial charge in [-0.2, -0.15) is 13.2 Å². The third-order valence-corrected chi connectivity index (χ3v) is 5.25. The van der Waals surface area contributed by atoms with Crippen molar-refractivity contribution in [1.29, 1.82) is 0 Å². The molecule has 0 aliphatic carbocycles. The Kier molecular flexibility index (Phi) is 9.69.